The molecule has 2 amide bonds. The molecule has 3 N–H and O–H groups in total. The largest absolute Gasteiger partial charge is 0.387 e. The van der Waals surface area contributed by atoms with Crippen LogP contribution in [0.4, 0.5) is 4.79 Å². The molecule has 2 rings (SSSR count). The number of hydrogen-bond acceptors (Lipinski definition) is 3. The van der Waals surface area contributed by atoms with Crippen molar-refractivity contribution < 1.29 is 9.90 Å². The first-order valence-electron chi connectivity index (χ1n) is 7.26. The molecule has 5 heteroatoms. The van der Waals surface area contributed by atoms with E-state index in [4.69, 9.17) is 0 Å². The smallest absolute Gasteiger partial charge is 0.315 e. The van der Waals surface area contributed by atoms with E-state index in [1.54, 1.807) is 0 Å². The van der Waals surface area contributed by atoms with Crippen LogP contribution >= 0.6 is 11.3 Å². The number of benzene rings is 1. The Balaban J connectivity index is 1.83. The van der Waals surface area contributed by atoms with Crippen molar-refractivity contribution in [2.75, 3.05) is 6.54 Å². The quantitative estimate of drug-likeness (QED) is 0.793. The molecule has 1 aromatic heterocycles. The van der Waals surface area contributed by atoms with E-state index < -0.39 is 6.10 Å². The summed E-state index contributed by atoms with van der Waals surface area (Å²) in [6.45, 7) is 6.85. The van der Waals surface area contributed by atoms with Crippen molar-refractivity contribution in [1.29, 1.82) is 0 Å². The van der Waals surface area contributed by atoms with Gasteiger partial charge in [0.15, 0.2) is 0 Å². The molecule has 0 aliphatic heterocycles. The first-order valence-corrected chi connectivity index (χ1v) is 8.20. The summed E-state index contributed by atoms with van der Waals surface area (Å²) in [4.78, 5) is 11.8. The van der Waals surface area contributed by atoms with E-state index in [0.29, 0.717) is 6.54 Å². The molecule has 1 heterocycles. The van der Waals surface area contributed by atoms with Crippen LogP contribution in [0.5, 0.6) is 0 Å². The molecule has 0 aliphatic rings. The molecule has 0 saturated heterocycles. The Morgan fingerprint density at radius 1 is 1.23 bits per heavy atom. The molecule has 0 fully saturated rings. The Morgan fingerprint density at radius 3 is 2.50 bits per heavy atom. The van der Waals surface area contributed by atoms with E-state index in [1.807, 2.05) is 16.8 Å². The third kappa shape index (κ3) is 4.32. The zero-order chi connectivity index (χ0) is 16.1. The highest BCUT2D eigenvalue weighted by Gasteiger charge is 2.10. The lowest BCUT2D eigenvalue weighted by Gasteiger charge is -2.14. The topological polar surface area (TPSA) is 61.4 Å². The highest BCUT2D eigenvalue weighted by Crippen LogP contribution is 2.16. The van der Waals surface area contributed by atoms with Gasteiger partial charge >= 0.3 is 6.03 Å². The number of aliphatic hydroxyl groups is 1. The van der Waals surface area contributed by atoms with Crippen LogP contribution < -0.4 is 10.6 Å². The van der Waals surface area contributed by atoms with E-state index in [2.05, 4.69) is 43.5 Å². The second kappa shape index (κ2) is 7.42. The van der Waals surface area contributed by atoms with Crippen molar-refractivity contribution in [3.63, 3.8) is 0 Å². The Labute approximate surface area is 135 Å². The third-order valence-corrected chi connectivity index (χ3v) is 4.35. The normalized spacial score (nSPS) is 12.0. The fourth-order valence-electron chi connectivity index (χ4n) is 2.49. The van der Waals surface area contributed by atoms with Gasteiger partial charge in [-0.3, -0.25) is 0 Å². The standard InChI is InChI=1S/C17H22N2O2S/c1-11-6-12(2)15(13(3)7-11)8-18-17(21)19-9-16(20)14-4-5-22-10-14/h4-7,10,16,20H,8-9H2,1-3H3,(H2,18,19,21)/t16-/m1/s1. The molecule has 118 valence electrons. The number of aryl methyl sites for hydroxylation is 3. The number of amides is 2. The molecule has 22 heavy (non-hydrogen) atoms. The molecule has 0 aliphatic carbocycles. The van der Waals surface area contributed by atoms with E-state index in [1.165, 1.54) is 28.0 Å². The second-order valence-corrected chi connectivity index (χ2v) is 6.29. The Morgan fingerprint density at radius 2 is 1.91 bits per heavy atom. The number of aliphatic hydroxyl groups excluding tert-OH is 1. The second-order valence-electron chi connectivity index (χ2n) is 5.51. The number of nitrogens with one attached hydrogen (secondary N) is 2. The lowest BCUT2D eigenvalue weighted by atomic mass is 10.00. The van der Waals surface area contributed by atoms with Crippen molar-refractivity contribution in [2.45, 2.75) is 33.4 Å². The Bertz CT molecular complexity index is 615. The first kappa shape index (κ1) is 16.5. The lowest BCUT2D eigenvalue weighted by Crippen LogP contribution is -2.37. The van der Waals surface area contributed by atoms with Gasteiger partial charge in [0, 0.05) is 13.1 Å². The zero-order valence-electron chi connectivity index (χ0n) is 13.1. The van der Waals surface area contributed by atoms with Crippen molar-refractivity contribution >= 4 is 17.4 Å². The molecule has 0 unspecified atom stereocenters. The average molecular weight is 318 g/mol. The van der Waals surface area contributed by atoms with Crippen LogP contribution in [0.1, 0.15) is 33.9 Å². The summed E-state index contributed by atoms with van der Waals surface area (Å²) in [6.07, 6.45) is -0.667. The van der Waals surface area contributed by atoms with Gasteiger partial charge in [-0.25, -0.2) is 4.79 Å². The van der Waals surface area contributed by atoms with Gasteiger partial charge in [0.05, 0.1) is 6.10 Å². The van der Waals surface area contributed by atoms with Crippen molar-refractivity contribution in [3.05, 3.63) is 56.8 Å². The SMILES string of the molecule is Cc1cc(C)c(CNC(=O)NC[C@@H](O)c2ccsc2)c(C)c1. The number of carbonyl (C=O) groups is 1. The average Bonchev–Trinajstić information content (AvgIpc) is 2.97. The molecular formula is C17H22N2O2S. The number of carbonyl (C=O) groups excluding carboxylic acids is 1. The van der Waals surface area contributed by atoms with Crippen molar-refractivity contribution in [3.8, 4) is 0 Å². The van der Waals surface area contributed by atoms with Crippen LogP contribution in [0.2, 0.25) is 0 Å². The van der Waals surface area contributed by atoms with Gasteiger partial charge in [0.2, 0.25) is 0 Å². The highest BCUT2D eigenvalue weighted by atomic mass is 32.1. The molecule has 0 saturated carbocycles. The van der Waals surface area contributed by atoms with Gasteiger partial charge in [0.1, 0.15) is 0 Å². The Kier molecular flexibility index (Phi) is 5.57. The highest BCUT2D eigenvalue weighted by molar-refractivity contribution is 7.07. The fraction of sp³-hybridized carbons (Fsp3) is 0.353. The minimum atomic E-state index is -0.667. The summed E-state index contributed by atoms with van der Waals surface area (Å²) in [7, 11) is 0. The van der Waals surface area contributed by atoms with E-state index >= 15 is 0 Å². The van der Waals surface area contributed by atoms with Crippen LogP contribution in [0.25, 0.3) is 0 Å². The molecule has 1 aromatic carbocycles. The predicted octanol–water partition coefficient (Wildman–Crippen LogP) is 3.21. The van der Waals surface area contributed by atoms with Gasteiger partial charge in [-0.2, -0.15) is 11.3 Å². The zero-order valence-corrected chi connectivity index (χ0v) is 14.0. The first-order chi connectivity index (χ1) is 10.5. The maximum absolute atomic E-state index is 11.8. The van der Waals surface area contributed by atoms with Crippen LogP contribution in [0.15, 0.2) is 29.0 Å². The molecule has 1 atom stereocenters. The minimum Gasteiger partial charge on any atom is -0.387 e. The summed E-state index contributed by atoms with van der Waals surface area (Å²) in [5, 5.41) is 19.2. The number of rotatable bonds is 5. The fourth-order valence-corrected chi connectivity index (χ4v) is 3.20. The molecular weight excluding hydrogens is 296 g/mol. The van der Waals surface area contributed by atoms with Gasteiger partial charge < -0.3 is 15.7 Å². The van der Waals surface area contributed by atoms with E-state index in [9.17, 15) is 9.90 Å². The number of urea groups is 1. The van der Waals surface area contributed by atoms with Crippen LogP contribution in [0, 0.1) is 20.8 Å². The molecule has 0 spiro atoms. The van der Waals surface area contributed by atoms with Gasteiger partial charge in [-0.1, -0.05) is 17.7 Å². The van der Waals surface area contributed by atoms with Gasteiger partial charge in [-0.05, 0) is 59.9 Å². The summed E-state index contributed by atoms with van der Waals surface area (Å²) in [5.41, 5.74) is 5.55. The van der Waals surface area contributed by atoms with E-state index in [0.717, 1.165) is 11.1 Å². The molecule has 4 nitrogen and oxygen atoms in total. The predicted molar refractivity (Wildman–Crippen MR) is 90.2 cm³/mol. The third-order valence-electron chi connectivity index (χ3n) is 3.65. The summed E-state index contributed by atoms with van der Waals surface area (Å²) in [6, 6.07) is 5.81. The van der Waals surface area contributed by atoms with E-state index in [-0.39, 0.29) is 12.6 Å². The van der Waals surface area contributed by atoms with Crippen LogP contribution in [-0.4, -0.2) is 17.7 Å². The van der Waals surface area contributed by atoms with Crippen molar-refractivity contribution in [2.24, 2.45) is 0 Å². The molecule has 2 aromatic rings. The molecule has 0 radical (unpaired) electrons. The monoisotopic (exact) mass is 318 g/mol. The van der Waals surface area contributed by atoms with Crippen LogP contribution in [-0.2, 0) is 6.54 Å². The lowest BCUT2D eigenvalue weighted by molar-refractivity contribution is 0.173. The van der Waals surface area contributed by atoms with Gasteiger partial charge in [0.25, 0.3) is 0 Å². The van der Waals surface area contributed by atoms with Crippen molar-refractivity contribution in [1.82, 2.24) is 10.6 Å². The summed E-state index contributed by atoms with van der Waals surface area (Å²) < 4.78 is 0. The number of thiophene rings is 1. The minimum absolute atomic E-state index is 0.203. The summed E-state index contributed by atoms with van der Waals surface area (Å²) in [5.74, 6) is 0. The maximum Gasteiger partial charge on any atom is 0.315 e. The number of hydrogen-bond donors (Lipinski definition) is 3. The molecule has 0 bridgehead atoms. The Hall–Kier alpha value is -1.85. The van der Waals surface area contributed by atoms with Crippen LogP contribution in [0.3, 0.4) is 0 Å². The summed E-state index contributed by atoms with van der Waals surface area (Å²) >= 11 is 1.53. The van der Waals surface area contributed by atoms with Gasteiger partial charge in [-0.15, -0.1) is 0 Å². The maximum atomic E-state index is 11.8.